The van der Waals surface area contributed by atoms with E-state index in [1.807, 2.05) is 43.3 Å². The summed E-state index contributed by atoms with van der Waals surface area (Å²) in [4.78, 5) is 4.53. The molecule has 0 radical (unpaired) electrons. The number of halogens is 1. The van der Waals surface area contributed by atoms with Gasteiger partial charge in [0, 0.05) is 12.1 Å². The maximum absolute atomic E-state index is 6.01. The first kappa shape index (κ1) is 12.7. The van der Waals surface area contributed by atoms with Crippen molar-refractivity contribution >= 4 is 17.4 Å². The molecular formula is C14H15ClN2O. The van der Waals surface area contributed by atoms with E-state index in [4.69, 9.17) is 16.3 Å². The van der Waals surface area contributed by atoms with Gasteiger partial charge < -0.3 is 10.1 Å². The highest BCUT2D eigenvalue weighted by Gasteiger charge is 2.05. The van der Waals surface area contributed by atoms with Crippen LogP contribution in [0.5, 0.6) is 5.75 Å². The normalized spacial score (nSPS) is 10.2. The predicted octanol–water partition coefficient (Wildman–Crippen LogP) is 3.84. The summed E-state index contributed by atoms with van der Waals surface area (Å²) in [5.74, 6) is 1.52. The van der Waals surface area contributed by atoms with Crippen LogP contribution in [-0.4, -0.2) is 18.6 Å². The number of rotatable bonds is 4. The molecule has 1 aromatic heterocycles. The molecule has 1 N–H and O–H groups in total. The van der Waals surface area contributed by atoms with Crippen molar-refractivity contribution in [3.63, 3.8) is 0 Å². The zero-order valence-electron chi connectivity index (χ0n) is 10.4. The highest BCUT2D eigenvalue weighted by atomic mass is 35.5. The number of ether oxygens (including phenoxy) is 1. The Balaban J connectivity index is 2.38. The molecule has 4 heteroatoms. The Hall–Kier alpha value is -1.74. The van der Waals surface area contributed by atoms with Gasteiger partial charge in [-0.05, 0) is 31.2 Å². The molecule has 1 aromatic carbocycles. The summed E-state index contributed by atoms with van der Waals surface area (Å²) in [5, 5.41) is 3.79. The zero-order valence-corrected chi connectivity index (χ0v) is 11.2. The molecule has 0 aliphatic carbocycles. The second kappa shape index (κ2) is 5.74. The molecule has 0 amide bonds. The fraction of sp³-hybridized carbons (Fsp3) is 0.214. The van der Waals surface area contributed by atoms with Gasteiger partial charge in [0.25, 0.3) is 0 Å². The molecule has 0 bridgehead atoms. The number of benzene rings is 1. The van der Waals surface area contributed by atoms with E-state index < -0.39 is 0 Å². The fourth-order valence-electron chi connectivity index (χ4n) is 1.69. The number of nitrogens with one attached hydrogen (secondary N) is 1. The topological polar surface area (TPSA) is 34.1 Å². The fourth-order valence-corrected chi connectivity index (χ4v) is 1.89. The van der Waals surface area contributed by atoms with E-state index in [1.54, 1.807) is 7.11 Å². The second-order valence-electron chi connectivity index (χ2n) is 3.79. The number of hydrogen-bond donors (Lipinski definition) is 1. The molecule has 18 heavy (non-hydrogen) atoms. The minimum Gasteiger partial charge on any atom is -0.495 e. The molecule has 2 rings (SSSR count). The van der Waals surface area contributed by atoms with E-state index in [0.29, 0.717) is 10.8 Å². The van der Waals surface area contributed by atoms with Crippen LogP contribution < -0.4 is 10.1 Å². The zero-order chi connectivity index (χ0) is 13.0. The van der Waals surface area contributed by atoms with Gasteiger partial charge >= 0.3 is 0 Å². The molecule has 0 saturated heterocycles. The van der Waals surface area contributed by atoms with Gasteiger partial charge in [-0.1, -0.05) is 23.7 Å². The molecule has 0 spiro atoms. The van der Waals surface area contributed by atoms with Gasteiger partial charge in [0.1, 0.15) is 11.6 Å². The molecule has 1 heterocycles. The largest absolute Gasteiger partial charge is 0.495 e. The highest BCUT2D eigenvalue weighted by molar-refractivity contribution is 6.32. The van der Waals surface area contributed by atoms with E-state index in [1.165, 1.54) is 0 Å². The van der Waals surface area contributed by atoms with Gasteiger partial charge in [-0.3, -0.25) is 0 Å². The lowest BCUT2D eigenvalue weighted by atomic mass is 10.1. The third kappa shape index (κ3) is 2.74. The number of anilines is 1. The maximum Gasteiger partial charge on any atom is 0.138 e. The summed E-state index contributed by atoms with van der Waals surface area (Å²) < 4.78 is 5.21. The molecule has 0 fully saturated rings. The molecule has 3 nitrogen and oxygen atoms in total. The van der Waals surface area contributed by atoms with Crippen LogP contribution >= 0.6 is 11.6 Å². The predicted molar refractivity (Wildman–Crippen MR) is 75.4 cm³/mol. The van der Waals surface area contributed by atoms with Gasteiger partial charge in [0.2, 0.25) is 0 Å². The summed E-state index contributed by atoms with van der Waals surface area (Å²) in [6.07, 6.45) is 0. The number of nitrogens with zero attached hydrogens (tertiary/aromatic N) is 1. The second-order valence-corrected chi connectivity index (χ2v) is 4.19. The summed E-state index contributed by atoms with van der Waals surface area (Å²) in [6, 6.07) is 11.5. The highest BCUT2D eigenvalue weighted by Crippen LogP contribution is 2.29. The molecule has 0 atom stereocenters. The average molecular weight is 263 g/mol. The van der Waals surface area contributed by atoms with Crippen LogP contribution in [0.25, 0.3) is 11.3 Å². The molecule has 94 valence electrons. The molecule has 0 aliphatic rings. The Labute approximate surface area is 112 Å². The van der Waals surface area contributed by atoms with Crippen LogP contribution in [0.15, 0.2) is 36.4 Å². The summed E-state index contributed by atoms with van der Waals surface area (Å²) >= 11 is 6.01. The van der Waals surface area contributed by atoms with Crippen LogP contribution in [-0.2, 0) is 0 Å². The van der Waals surface area contributed by atoms with E-state index >= 15 is 0 Å². The third-order valence-electron chi connectivity index (χ3n) is 2.55. The maximum atomic E-state index is 6.01. The quantitative estimate of drug-likeness (QED) is 0.909. The van der Waals surface area contributed by atoms with Crippen LogP contribution in [0.3, 0.4) is 0 Å². The molecule has 0 aliphatic heterocycles. The SMILES string of the molecule is CCNc1cccc(-c2ccc(Cl)c(OC)c2)n1. The minimum atomic E-state index is 0.601. The van der Waals surface area contributed by atoms with Crippen LogP contribution in [0.2, 0.25) is 5.02 Å². The van der Waals surface area contributed by atoms with Gasteiger partial charge in [0.15, 0.2) is 0 Å². The first-order chi connectivity index (χ1) is 8.74. The van der Waals surface area contributed by atoms with Crippen molar-refractivity contribution in [2.45, 2.75) is 6.92 Å². The lowest BCUT2D eigenvalue weighted by Crippen LogP contribution is -1.99. The van der Waals surface area contributed by atoms with E-state index in [9.17, 15) is 0 Å². The Morgan fingerprint density at radius 3 is 2.83 bits per heavy atom. The van der Waals surface area contributed by atoms with Gasteiger partial charge in [-0.15, -0.1) is 0 Å². The van der Waals surface area contributed by atoms with Gasteiger partial charge in [-0.2, -0.15) is 0 Å². The minimum absolute atomic E-state index is 0.601. The van der Waals surface area contributed by atoms with Crippen molar-refractivity contribution in [1.29, 1.82) is 0 Å². The van der Waals surface area contributed by atoms with Crippen LogP contribution in [0, 0.1) is 0 Å². The molecule has 2 aromatic rings. The standard InChI is InChI=1S/C14H15ClN2O/c1-3-16-14-6-4-5-12(17-14)10-7-8-11(15)13(9-10)18-2/h4-9H,3H2,1-2H3,(H,16,17). The average Bonchev–Trinajstić information content (AvgIpc) is 2.40. The number of hydrogen-bond acceptors (Lipinski definition) is 3. The third-order valence-corrected chi connectivity index (χ3v) is 2.87. The molecule has 0 unspecified atom stereocenters. The first-order valence-electron chi connectivity index (χ1n) is 5.79. The summed E-state index contributed by atoms with van der Waals surface area (Å²) in [7, 11) is 1.60. The lowest BCUT2D eigenvalue weighted by molar-refractivity contribution is 0.415. The van der Waals surface area contributed by atoms with Crippen LogP contribution in [0.4, 0.5) is 5.82 Å². The Morgan fingerprint density at radius 1 is 1.28 bits per heavy atom. The van der Waals surface area contributed by atoms with Crippen molar-refractivity contribution in [1.82, 2.24) is 4.98 Å². The van der Waals surface area contributed by atoms with Crippen LogP contribution in [0.1, 0.15) is 6.92 Å². The summed E-state index contributed by atoms with van der Waals surface area (Å²) in [6.45, 7) is 2.89. The summed E-state index contributed by atoms with van der Waals surface area (Å²) in [5.41, 5.74) is 1.87. The first-order valence-corrected chi connectivity index (χ1v) is 6.17. The Bertz CT molecular complexity index is 543. The molecular weight excluding hydrogens is 248 g/mol. The lowest BCUT2D eigenvalue weighted by Gasteiger charge is -2.08. The van der Waals surface area contributed by atoms with Gasteiger partial charge in [-0.25, -0.2) is 4.98 Å². The molecule has 0 saturated carbocycles. The van der Waals surface area contributed by atoms with Crippen molar-refractivity contribution in [2.24, 2.45) is 0 Å². The Morgan fingerprint density at radius 2 is 2.11 bits per heavy atom. The van der Waals surface area contributed by atoms with E-state index in [-0.39, 0.29) is 0 Å². The Kier molecular flexibility index (Phi) is 4.05. The van der Waals surface area contributed by atoms with E-state index in [2.05, 4.69) is 10.3 Å². The van der Waals surface area contributed by atoms with Crippen molar-refractivity contribution in [2.75, 3.05) is 19.0 Å². The monoisotopic (exact) mass is 262 g/mol. The number of aromatic nitrogens is 1. The van der Waals surface area contributed by atoms with Crippen molar-refractivity contribution < 1.29 is 4.74 Å². The number of methoxy groups -OCH3 is 1. The van der Waals surface area contributed by atoms with Crippen molar-refractivity contribution in [3.05, 3.63) is 41.4 Å². The van der Waals surface area contributed by atoms with E-state index in [0.717, 1.165) is 23.6 Å². The number of pyridine rings is 1. The van der Waals surface area contributed by atoms with Crippen molar-refractivity contribution in [3.8, 4) is 17.0 Å². The van der Waals surface area contributed by atoms with Gasteiger partial charge in [0.05, 0.1) is 17.8 Å². The smallest absolute Gasteiger partial charge is 0.138 e.